The Bertz CT molecular complexity index is 372. The summed E-state index contributed by atoms with van der Waals surface area (Å²) in [6.07, 6.45) is 6.32. The summed E-state index contributed by atoms with van der Waals surface area (Å²) in [5.41, 5.74) is 4.97. The van der Waals surface area contributed by atoms with Crippen LogP contribution >= 0.6 is 0 Å². The Morgan fingerprint density at radius 2 is 2.10 bits per heavy atom. The average Bonchev–Trinajstić information content (AvgIpc) is 3.01. The van der Waals surface area contributed by atoms with Crippen molar-refractivity contribution in [3.05, 3.63) is 0 Å². The predicted octanol–water partition coefficient (Wildman–Crippen LogP) is 1.37. The third-order valence-electron chi connectivity index (χ3n) is 4.62. The van der Waals surface area contributed by atoms with E-state index in [1.54, 1.807) is 0 Å². The van der Waals surface area contributed by atoms with Gasteiger partial charge >= 0.3 is 0 Å². The molecule has 114 valence electrons. The van der Waals surface area contributed by atoms with Crippen LogP contribution in [-0.4, -0.2) is 35.7 Å². The second kappa shape index (κ2) is 6.43. The fourth-order valence-electron chi connectivity index (χ4n) is 3.29. The minimum absolute atomic E-state index is 0.0363. The predicted molar refractivity (Wildman–Crippen MR) is 75.5 cm³/mol. The normalized spacial score (nSPS) is 28.1. The lowest BCUT2D eigenvalue weighted by Crippen LogP contribution is -2.54. The number of nitrogens with zero attached hydrogens (tertiary/aromatic N) is 1. The largest absolute Gasteiger partial charge is 0.409 e. The monoisotopic (exact) mass is 283 g/mol. The second-order valence-electron chi connectivity index (χ2n) is 5.94. The smallest absolute Gasteiger partial charge is 0.234 e. The van der Waals surface area contributed by atoms with Crippen LogP contribution in [0.15, 0.2) is 5.16 Å². The van der Waals surface area contributed by atoms with Gasteiger partial charge in [-0.25, -0.2) is 0 Å². The van der Waals surface area contributed by atoms with Crippen molar-refractivity contribution < 1.29 is 14.7 Å². The van der Waals surface area contributed by atoms with Crippen molar-refractivity contribution in [2.24, 2.45) is 16.3 Å². The van der Waals surface area contributed by atoms with E-state index >= 15 is 0 Å². The fourth-order valence-corrected chi connectivity index (χ4v) is 3.29. The number of rotatable bonds is 4. The Hall–Kier alpha value is -1.30. The summed E-state index contributed by atoms with van der Waals surface area (Å²) in [7, 11) is 0. The van der Waals surface area contributed by atoms with Crippen LogP contribution in [0.4, 0.5) is 0 Å². The molecule has 1 amide bonds. The van der Waals surface area contributed by atoms with E-state index in [9.17, 15) is 4.79 Å². The van der Waals surface area contributed by atoms with Crippen molar-refractivity contribution in [3.63, 3.8) is 0 Å². The van der Waals surface area contributed by atoms with Crippen molar-refractivity contribution in [2.75, 3.05) is 6.61 Å². The first-order valence-corrected chi connectivity index (χ1v) is 7.51. The summed E-state index contributed by atoms with van der Waals surface area (Å²) in [5, 5.41) is 15.1. The van der Waals surface area contributed by atoms with Crippen LogP contribution in [0.25, 0.3) is 0 Å². The maximum absolute atomic E-state index is 12.6. The van der Waals surface area contributed by atoms with Crippen molar-refractivity contribution in [1.29, 1.82) is 0 Å². The van der Waals surface area contributed by atoms with E-state index in [1.807, 2.05) is 6.92 Å². The Kier molecular flexibility index (Phi) is 4.86. The number of carbonyl (C=O) groups excluding carboxylic acids is 1. The molecule has 1 aliphatic heterocycles. The second-order valence-corrected chi connectivity index (χ2v) is 5.94. The van der Waals surface area contributed by atoms with Gasteiger partial charge in [0, 0.05) is 6.61 Å². The lowest BCUT2D eigenvalue weighted by Gasteiger charge is -2.36. The quantitative estimate of drug-likeness (QED) is 0.314. The first-order valence-electron chi connectivity index (χ1n) is 7.51. The molecule has 2 aliphatic rings. The van der Waals surface area contributed by atoms with Gasteiger partial charge in [-0.05, 0) is 32.6 Å². The molecule has 6 heteroatoms. The molecule has 0 aromatic rings. The standard InChI is InChI=1S/C14H25N3O3/c1-10(11-6-5-9-20-11)16-13(18)14(12(15)17-19)7-3-2-4-8-14/h10-11,19H,2-9H2,1H3,(H2,15,17)(H,16,18). The molecule has 20 heavy (non-hydrogen) atoms. The van der Waals surface area contributed by atoms with E-state index in [0.717, 1.165) is 38.7 Å². The molecular weight excluding hydrogens is 258 g/mol. The summed E-state index contributed by atoms with van der Waals surface area (Å²) in [6, 6.07) is -0.0460. The van der Waals surface area contributed by atoms with Crippen LogP contribution in [0.3, 0.4) is 0 Å². The third-order valence-corrected chi connectivity index (χ3v) is 4.62. The first kappa shape index (κ1) is 15.1. The van der Waals surface area contributed by atoms with Crippen molar-refractivity contribution >= 4 is 11.7 Å². The van der Waals surface area contributed by atoms with Crippen LogP contribution in [-0.2, 0) is 9.53 Å². The number of amidine groups is 1. The van der Waals surface area contributed by atoms with E-state index in [0.29, 0.717) is 12.8 Å². The number of nitrogens with two attached hydrogens (primary N) is 1. The maximum atomic E-state index is 12.6. The lowest BCUT2D eigenvalue weighted by molar-refractivity contribution is -0.130. The highest BCUT2D eigenvalue weighted by Gasteiger charge is 2.44. The molecule has 1 saturated heterocycles. The Morgan fingerprint density at radius 3 is 2.65 bits per heavy atom. The number of ether oxygens (including phenoxy) is 1. The summed E-state index contributed by atoms with van der Waals surface area (Å²) in [4.78, 5) is 12.6. The minimum Gasteiger partial charge on any atom is -0.409 e. The highest BCUT2D eigenvalue weighted by atomic mass is 16.5. The van der Waals surface area contributed by atoms with E-state index in [-0.39, 0.29) is 23.9 Å². The number of hydrogen-bond donors (Lipinski definition) is 3. The van der Waals surface area contributed by atoms with Crippen LogP contribution in [0, 0.1) is 5.41 Å². The Balaban J connectivity index is 2.06. The molecule has 0 aromatic carbocycles. The number of oxime groups is 1. The van der Waals surface area contributed by atoms with Crippen LogP contribution < -0.4 is 11.1 Å². The molecule has 1 aliphatic carbocycles. The topological polar surface area (TPSA) is 96.9 Å². The van der Waals surface area contributed by atoms with Gasteiger partial charge in [0.1, 0.15) is 5.41 Å². The van der Waals surface area contributed by atoms with Crippen LogP contribution in [0.5, 0.6) is 0 Å². The van der Waals surface area contributed by atoms with Gasteiger partial charge in [-0.1, -0.05) is 24.4 Å². The van der Waals surface area contributed by atoms with E-state index in [2.05, 4.69) is 10.5 Å². The number of hydrogen-bond acceptors (Lipinski definition) is 4. The molecule has 1 heterocycles. The van der Waals surface area contributed by atoms with Gasteiger partial charge in [-0.3, -0.25) is 4.79 Å². The van der Waals surface area contributed by atoms with E-state index in [1.165, 1.54) is 0 Å². The molecular formula is C14H25N3O3. The fraction of sp³-hybridized carbons (Fsp3) is 0.857. The van der Waals surface area contributed by atoms with Crippen LogP contribution in [0.2, 0.25) is 0 Å². The summed E-state index contributed by atoms with van der Waals surface area (Å²) < 4.78 is 5.60. The maximum Gasteiger partial charge on any atom is 0.234 e. The zero-order valence-electron chi connectivity index (χ0n) is 12.1. The zero-order chi connectivity index (χ0) is 14.6. The molecule has 6 nitrogen and oxygen atoms in total. The molecule has 0 bridgehead atoms. The summed E-state index contributed by atoms with van der Waals surface area (Å²) >= 11 is 0. The highest BCUT2D eigenvalue weighted by Crippen LogP contribution is 2.37. The molecule has 2 rings (SSSR count). The van der Waals surface area contributed by atoms with Gasteiger partial charge in [-0.2, -0.15) is 0 Å². The van der Waals surface area contributed by atoms with Gasteiger partial charge in [0.2, 0.25) is 5.91 Å². The average molecular weight is 283 g/mol. The molecule has 1 saturated carbocycles. The SMILES string of the molecule is CC(NC(=O)C1(C(N)=NO)CCCCC1)C1CCCO1. The molecule has 2 fully saturated rings. The molecule has 0 spiro atoms. The summed E-state index contributed by atoms with van der Waals surface area (Å²) in [5.74, 6) is -0.0928. The molecule has 0 aromatic heterocycles. The van der Waals surface area contributed by atoms with Crippen molar-refractivity contribution in [2.45, 2.75) is 64.0 Å². The van der Waals surface area contributed by atoms with E-state index in [4.69, 9.17) is 15.7 Å². The van der Waals surface area contributed by atoms with Crippen molar-refractivity contribution in [3.8, 4) is 0 Å². The zero-order valence-corrected chi connectivity index (χ0v) is 12.1. The summed E-state index contributed by atoms with van der Waals surface area (Å²) in [6.45, 7) is 2.72. The number of amides is 1. The molecule has 2 atom stereocenters. The highest BCUT2D eigenvalue weighted by molar-refractivity contribution is 6.06. The first-order chi connectivity index (χ1) is 9.60. The Labute approximate surface area is 119 Å². The van der Waals surface area contributed by atoms with Gasteiger partial charge in [0.25, 0.3) is 0 Å². The van der Waals surface area contributed by atoms with Gasteiger partial charge in [0.15, 0.2) is 5.84 Å². The van der Waals surface area contributed by atoms with Gasteiger partial charge in [0.05, 0.1) is 12.1 Å². The van der Waals surface area contributed by atoms with Crippen LogP contribution in [0.1, 0.15) is 51.9 Å². The lowest BCUT2D eigenvalue weighted by atomic mass is 9.72. The number of nitrogens with one attached hydrogen (secondary N) is 1. The van der Waals surface area contributed by atoms with Gasteiger partial charge in [-0.15, -0.1) is 0 Å². The minimum atomic E-state index is -0.847. The van der Waals surface area contributed by atoms with Crippen molar-refractivity contribution in [1.82, 2.24) is 5.32 Å². The molecule has 2 unspecified atom stereocenters. The van der Waals surface area contributed by atoms with E-state index < -0.39 is 5.41 Å². The Morgan fingerprint density at radius 1 is 1.40 bits per heavy atom. The molecule has 0 radical (unpaired) electrons. The number of carbonyl (C=O) groups is 1. The van der Waals surface area contributed by atoms with Gasteiger partial charge < -0.3 is 21.0 Å². The molecule has 4 N–H and O–H groups in total. The third kappa shape index (κ3) is 2.90.